The molecule has 7 heteroatoms. The van der Waals surface area contributed by atoms with E-state index in [0.717, 1.165) is 23.7 Å². The van der Waals surface area contributed by atoms with E-state index in [1.807, 2.05) is 0 Å². The molecule has 0 radical (unpaired) electrons. The molecule has 2 aliphatic rings. The van der Waals surface area contributed by atoms with Gasteiger partial charge in [-0.1, -0.05) is 145 Å². The van der Waals surface area contributed by atoms with E-state index in [-0.39, 0.29) is 0 Å². The summed E-state index contributed by atoms with van der Waals surface area (Å²) in [4.78, 5) is 11.1. The standard InChI is InChI=1S/C22H46N2Si2.2ClH.Ti/c1-17-11-9-12-18(2)21(17)23-25(5,6)15-16-26(7,8)24-22-19(3)13-10-14-20(22)4;;;/h17-22H,9-16H2,1-8H3;2*1H;/q-2;;;+2/p-2. The third-order valence-electron chi connectivity index (χ3n) is 7.32. The van der Waals surface area contributed by atoms with Gasteiger partial charge in [-0.15, -0.1) is 12.1 Å². The van der Waals surface area contributed by atoms with Crippen molar-refractivity contribution in [2.45, 2.75) is 117 Å². The summed E-state index contributed by atoms with van der Waals surface area (Å²) in [6.07, 6.45) is 8.36. The van der Waals surface area contributed by atoms with Gasteiger partial charge in [0.15, 0.2) is 0 Å². The fourth-order valence-electron chi connectivity index (χ4n) is 5.39. The predicted octanol–water partition coefficient (Wildman–Crippen LogP) is 9.17. The Hall–Kier alpha value is 1.65. The van der Waals surface area contributed by atoms with E-state index in [0.29, 0.717) is 12.1 Å². The number of hydrogen-bond donors (Lipinski definition) is 0. The Bertz CT molecular complexity index is 408. The van der Waals surface area contributed by atoms with Crippen LogP contribution in [-0.2, 0) is 17.0 Å². The van der Waals surface area contributed by atoms with E-state index in [1.54, 1.807) is 0 Å². The summed E-state index contributed by atoms with van der Waals surface area (Å²) in [5, 5.41) is 0. The first kappa shape index (κ1) is 28.7. The Morgan fingerprint density at radius 3 is 1.14 bits per heavy atom. The molecule has 2 nitrogen and oxygen atoms in total. The molecule has 172 valence electrons. The third kappa shape index (κ3) is 10.4. The first-order chi connectivity index (χ1) is 13.4. The van der Waals surface area contributed by atoms with Crippen LogP contribution in [0, 0.1) is 23.7 Å². The molecule has 0 N–H and O–H groups in total. The summed E-state index contributed by atoms with van der Waals surface area (Å²) in [5.41, 5.74) is 0. The van der Waals surface area contributed by atoms with Crippen molar-refractivity contribution in [1.82, 2.24) is 0 Å². The van der Waals surface area contributed by atoms with E-state index in [4.69, 9.17) is 28.6 Å². The minimum atomic E-state index is -1.48. The van der Waals surface area contributed by atoms with Crippen molar-refractivity contribution in [3.63, 3.8) is 0 Å². The molecular weight excluding hydrogens is 467 g/mol. The molecule has 4 unspecified atom stereocenters. The van der Waals surface area contributed by atoms with Crippen LogP contribution in [0.3, 0.4) is 0 Å². The van der Waals surface area contributed by atoms with E-state index in [2.05, 4.69) is 53.9 Å². The van der Waals surface area contributed by atoms with Gasteiger partial charge in [0.05, 0.1) is 0 Å². The van der Waals surface area contributed by atoms with Crippen LogP contribution < -0.4 is 0 Å². The number of rotatable bonds is 7. The van der Waals surface area contributed by atoms with Gasteiger partial charge in [-0.05, 0) is 0 Å². The van der Waals surface area contributed by atoms with Gasteiger partial charge >= 0.3 is 35.6 Å². The van der Waals surface area contributed by atoms with Crippen LogP contribution in [0.15, 0.2) is 0 Å². The molecule has 0 spiro atoms. The van der Waals surface area contributed by atoms with Crippen molar-refractivity contribution in [3.8, 4) is 0 Å². The number of nitrogens with zero attached hydrogens (tertiary/aromatic N) is 2. The van der Waals surface area contributed by atoms with Crippen LogP contribution in [0.1, 0.15) is 66.2 Å². The van der Waals surface area contributed by atoms with Crippen LogP contribution >= 0.6 is 18.6 Å². The normalized spacial score (nSPS) is 33.6. The minimum absolute atomic E-state index is 0.556. The zero-order valence-corrected chi connectivity index (χ0v) is 25.3. The van der Waals surface area contributed by atoms with Gasteiger partial charge in [0, 0.05) is 0 Å². The molecule has 0 heterocycles. The van der Waals surface area contributed by atoms with Crippen molar-refractivity contribution in [2.75, 3.05) is 0 Å². The van der Waals surface area contributed by atoms with Gasteiger partial charge < -0.3 is 9.96 Å². The first-order valence-electron chi connectivity index (χ1n) is 11.8. The van der Waals surface area contributed by atoms with Gasteiger partial charge in [0.2, 0.25) is 0 Å². The number of halogens is 2. The molecule has 0 amide bonds. The van der Waals surface area contributed by atoms with E-state index in [1.165, 1.54) is 50.6 Å². The summed E-state index contributed by atoms with van der Waals surface area (Å²) in [5.74, 6) is 3.18. The van der Waals surface area contributed by atoms with E-state index < -0.39 is 33.5 Å². The summed E-state index contributed by atoms with van der Waals surface area (Å²) < 4.78 is 0. The van der Waals surface area contributed by atoms with Crippen LogP contribution in [0.25, 0.3) is 9.96 Å². The Morgan fingerprint density at radius 1 is 0.655 bits per heavy atom. The quantitative estimate of drug-likeness (QED) is 0.304. The molecule has 0 aromatic heterocycles. The van der Waals surface area contributed by atoms with Crippen molar-refractivity contribution >= 4 is 35.1 Å². The summed E-state index contributed by atoms with van der Waals surface area (Å²) in [6, 6.07) is 3.96. The molecule has 0 saturated heterocycles. The van der Waals surface area contributed by atoms with Crippen LogP contribution in [0.5, 0.6) is 0 Å². The fourth-order valence-corrected chi connectivity index (χ4v) is 13.2. The van der Waals surface area contributed by atoms with Crippen molar-refractivity contribution in [1.29, 1.82) is 0 Å². The van der Waals surface area contributed by atoms with Crippen molar-refractivity contribution < 1.29 is 17.0 Å². The Labute approximate surface area is 201 Å². The van der Waals surface area contributed by atoms with Gasteiger partial charge in [0.25, 0.3) is 0 Å². The van der Waals surface area contributed by atoms with Crippen LogP contribution in [-0.4, -0.2) is 28.6 Å². The molecule has 0 aromatic rings. The zero-order valence-electron chi connectivity index (χ0n) is 20.3. The fraction of sp³-hybridized carbons (Fsp3) is 1.00. The van der Waals surface area contributed by atoms with Gasteiger partial charge in [-0.3, -0.25) is 0 Å². The van der Waals surface area contributed by atoms with E-state index >= 15 is 0 Å². The molecule has 29 heavy (non-hydrogen) atoms. The summed E-state index contributed by atoms with van der Waals surface area (Å²) in [7, 11) is 6.81. The molecule has 0 aliphatic heterocycles. The maximum absolute atomic E-state index is 5.53. The van der Waals surface area contributed by atoms with Gasteiger partial charge in [-0.25, -0.2) is 0 Å². The van der Waals surface area contributed by atoms with Crippen molar-refractivity contribution in [3.05, 3.63) is 9.96 Å². The molecule has 2 aliphatic carbocycles. The van der Waals surface area contributed by atoms with Crippen LogP contribution in [0.2, 0.25) is 38.3 Å². The monoisotopic (exact) mass is 512 g/mol. The third-order valence-corrected chi connectivity index (χ3v) is 12.8. The van der Waals surface area contributed by atoms with Gasteiger partial charge in [0.1, 0.15) is 0 Å². The van der Waals surface area contributed by atoms with Gasteiger partial charge in [-0.2, -0.15) is 0 Å². The zero-order chi connectivity index (χ0) is 22.2. The summed E-state index contributed by atoms with van der Waals surface area (Å²) in [6.45, 7) is 19.8. The maximum atomic E-state index is 5.53. The van der Waals surface area contributed by atoms with Crippen LogP contribution in [0.4, 0.5) is 0 Å². The average molecular weight is 514 g/mol. The average Bonchev–Trinajstić information content (AvgIpc) is 2.61. The molecule has 4 atom stereocenters. The molecule has 2 fully saturated rings. The molecule has 2 rings (SSSR count). The second kappa shape index (κ2) is 13.4. The Kier molecular flexibility index (Phi) is 13.2. The Morgan fingerprint density at radius 2 is 0.897 bits per heavy atom. The Balaban J connectivity index is 0.00000132. The molecule has 0 bridgehead atoms. The van der Waals surface area contributed by atoms with E-state index in [9.17, 15) is 0 Å². The summed E-state index contributed by atoms with van der Waals surface area (Å²) >= 11 is -0.556. The second-order valence-corrected chi connectivity index (χ2v) is 22.6. The number of hydrogen-bond acceptors (Lipinski definition) is 0. The topological polar surface area (TPSA) is 28.2 Å². The molecular formula is C22H46Cl2N2Si2Ti-2. The first-order valence-corrected chi connectivity index (χ1v) is 22.4. The molecule has 2 saturated carbocycles. The molecule has 0 aromatic carbocycles. The van der Waals surface area contributed by atoms with Crippen molar-refractivity contribution in [2.24, 2.45) is 23.7 Å². The SMILES string of the molecule is CC1CCCC(C)C1[N-][Si](C)(C)CC[Si](C)(C)[N-]C1C(C)CCCC1C.[Cl][Ti][Cl]. The predicted molar refractivity (Wildman–Crippen MR) is 135 cm³/mol. The second-order valence-electron chi connectivity index (χ2n) is 11.2.